The van der Waals surface area contributed by atoms with E-state index < -0.39 is 12.1 Å². The molecule has 9 heteroatoms. The number of nitrogens with zero attached hydrogens (tertiary/aromatic N) is 2. The quantitative estimate of drug-likeness (QED) is 0.497. The molecule has 3 aromatic rings. The largest absolute Gasteiger partial charge is 0.479 e. The standard InChI is InChI=1S/C19H13BrCl2N2O4/c1-10(19(26)27)28-17-5-2-12(20)6-14(17)18(25)11-8-23-24(9-11)16-4-3-13(21)7-15(16)22/h2-10H,1H3,(H,26,27). The Labute approximate surface area is 178 Å². The Bertz CT molecular complexity index is 1070. The molecule has 3 rings (SSSR count). The summed E-state index contributed by atoms with van der Waals surface area (Å²) in [4.78, 5) is 24.1. The third-order valence-electron chi connectivity index (χ3n) is 3.84. The number of aromatic nitrogens is 2. The van der Waals surface area contributed by atoms with Crippen molar-refractivity contribution in [3.63, 3.8) is 0 Å². The SMILES string of the molecule is CC(Oc1ccc(Br)cc1C(=O)c1cnn(-c2ccc(Cl)cc2Cl)c1)C(=O)O. The van der Waals surface area contributed by atoms with Gasteiger partial charge in [0.2, 0.25) is 0 Å². The van der Waals surface area contributed by atoms with Gasteiger partial charge in [0, 0.05) is 15.7 Å². The zero-order valence-electron chi connectivity index (χ0n) is 14.4. The molecule has 0 aliphatic heterocycles. The Morgan fingerprint density at radius 2 is 1.96 bits per heavy atom. The Balaban J connectivity index is 1.96. The first kappa shape index (κ1) is 20.4. The van der Waals surface area contributed by atoms with Crippen LogP contribution in [-0.2, 0) is 4.79 Å². The van der Waals surface area contributed by atoms with Crippen LogP contribution < -0.4 is 4.74 Å². The van der Waals surface area contributed by atoms with E-state index in [2.05, 4.69) is 21.0 Å². The number of carbonyl (C=O) groups excluding carboxylic acids is 1. The Morgan fingerprint density at radius 3 is 2.64 bits per heavy atom. The molecule has 6 nitrogen and oxygen atoms in total. The number of halogens is 3. The molecule has 0 radical (unpaired) electrons. The second kappa shape index (κ2) is 8.34. The summed E-state index contributed by atoms with van der Waals surface area (Å²) in [7, 11) is 0. The summed E-state index contributed by atoms with van der Waals surface area (Å²) in [5.41, 5.74) is 1.07. The molecule has 0 saturated heterocycles. The maximum Gasteiger partial charge on any atom is 0.344 e. The van der Waals surface area contributed by atoms with Gasteiger partial charge in [-0.25, -0.2) is 9.48 Å². The van der Waals surface area contributed by atoms with Gasteiger partial charge in [0.05, 0.1) is 28.0 Å². The number of ketones is 1. The molecule has 0 aliphatic carbocycles. The molecule has 144 valence electrons. The van der Waals surface area contributed by atoms with Crippen molar-refractivity contribution in [3.05, 3.63) is 74.4 Å². The van der Waals surface area contributed by atoms with Crippen molar-refractivity contribution in [1.82, 2.24) is 9.78 Å². The maximum absolute atomic E-state index is 13.0. The fourth-order valence-corrected chi connectivity index (χ4v) is 3.27. The highest BCUT2D eigenvalue weighted by molar-refractivity contribution is 9.10. The summed E-state index contributed by atoms with van der Waals surface area (Å²) in [5.74, 6) is -1.34. The van der Waals surface area contributed by atoms with Gasteiger partial charge in [0.15, 0.2) is 11.9 Å². The molecule has 2 aromatic carbocycles. The summed E-state index contributed by atoms with van der Waals surface area (Å²) in [6.45, 7) is 1.39. The first-order valence-electron chi connectivity index (χ1n) is 8.00. The lowest BCUT2D eigenvalue weighted by molar-refractivity contribution is -0.144. The van der Waals surface area contributed by atoms with Crippen LogP contribution in [0.15, 0.2) is 53.3 Å². The molecule has 1 atom stereocenters. The second-order valence-electron chi connectivity index (χ2n) is 5.84. The van der Waals surface area contributed by atoms with Gasteiger partial charge in [-0.05, 0) is 43.3 Å². The lowest BCUT2D eigenvalue weighted by Crippen LogP contribution is -2.23. The fourth-order valence-electron chi connectivity index (χ4n) is 2.42. The van der Waals surface area contributed by atoms with Crippen LogP contribution in [0.1, 0.15) is 22.8 Å². The average Bonchev–Trinajstić information content (AvgIpc) is 3.12. The van der Waals surface area contributed by atoms with Gasteiger partial charge < -0.3 is 9.84 Å². The van der Waals surface area contributed by atoms with Gasteiger partial charge in [-0.15, -0.1) is 0 Å². The first-order chi connectivity index (χ1) is 13.3. The molecule has 0 spiro atoms. The molecule has 1 N–H and O–H groups in total. The van der Waals surface area contributed by atoms with Crippen LogP contribution in [0.25, 0.3) is 5.69 Å². The van der Waals surface area contributed by atoms with E-state index in [1.807, 2.05) is 0 Å². The summed E-state index contributed by atoms with van der Waals surface area (Å²) in [6, 6.07) is 9.70. The van der Waals surface area contributed by atoms with Crippen LogP contribution in [0.3, 0.4) is 0 Å². The molecule has 1 heterocycles. The number of carboxylic acids is 1. The Morgan fingerprint density at radius 1 is 1.21 bits per heavy atom. The van der Waals surface area contributed by atoms with Crippen LogP contribution >= 0.6 is 39.1 Å². The summed E-state index contributed by atoms with van der Waals surface area (Å²) in [5, 5.41) is 14.1. The third-order valence-corrected chi connectivity index (χ3v) is 4.87. The number of aliphatic carboxylic acids is 1. The molecule has 0 fully saturated rings. The minimum atomic E-state index is -1.13. The van der Waals surface area contributed by atoms with Crippen molar-refractivity contribution in [1.29, 1.82) is 0 Å². The van der Waals surface area contributed by atoms with Crippen LogP contribution in [0.5, 0.6) is 5.75 Å². The van der Waals surface area contributed by atoms with Crippen LogP contribution in [0.4, 0.5) is 0 Å². The van der Waals surface area contributed by atoms with Gasteiger partial charge in [-0.3, -0.25) is 4.79 Å². The topological polar surface area (TPSA) is 81.4 Å². The number of rotatable bonds is 6. The lowest BCUT2D eigenvalue weighted by Gasteiger charge is -2.14. The Hall–Kier alpha value is -2.35. The zero-order valence-corrected chi connectivity index (χ0v) is 17.5. The molecule has 0 amide bonds. The number of hydrogen-bond donors (Lipinski definition) is 1. The minimum absolute atomic E-state index is 0.167. The Kier molecular flexibility index (Phi) is 6.07. The number of hydrogen-bond acceptors (Lipinski definition) is 4. The summed E-state index contributed by atoms with van der Waals surface area (Å²) < 4.78 is 7.54. The highest BCUT2D eigenvalue weighted by atomic mass is 79.9. The molecular weight excluding hydrogens is 471 g/mol. The highest BCUT2D eigenvalue weighted by Crippen LogP contribution is 2.28. The average molecular weight is 484 g/mol. The van der Waals surface area contributed by atoms with E-state index >= 15 is 0 Å². The summed E-state index contributed by atoms with van der Waals surface area (Å²) in [6.07, 6.45) is 1.82. The van der Waals surface area contributed by atoms with Gasteiger partial charge >= 0.3 is 5.97 Å². The molecule has 0 bridgehead atoms. The second-order valence-corrected chi connectivity index (χ2v) is 7.60. The molecule has 0 aliphatic rings. The van der Waals surface area contributed by atoms with Crippen molar-refractivity contribution in [2.45, 2.75) is 13.0 Å². The predicted molar refractivity (Wildman–Crippen MR) is 109 cm³/mol. The smallest absolute Gasteiger partial charge is 0.344 e. The molecule has 1 unspecified atom stereocenters. The minimum Gasteiger partial charge on any atom is -0.479 e. The van der Waals surface area contributed by atoms with Gasteiger partial charge in [0.25, 0.3) is 0 Å². The van der Waals surface area contributed by atoms with Crippen molar-refractivity contribution in [3.8, 4) is 11.4 Å². The monoisotopic (exact) mass is 482 g/mol. The van der Waals surface area contributed by atoms with E-state index in [0.29, 0.717) is 20.2 Å². The van der Waals surface area contributed by atoms with Crippen LogP contribution in [0.2, 0.25) is 10.0 Å². The number of carbonyl (C=O) groups is 2. The normalized spacial score (nSPS) is 11.9. The van der Waals surface area contributed by atoms with Crippen LogP contribution in [-0.4, -0.2) is 32.7 Å². The number of carboxylic acid groups (broad SMARTS) is 1. The van der Waals surface area contributed by atoms with Crippen molar-refractivity contribution < 1.29 is 19.4 Å². The van der Waals surface area contributed by atoms with E-state index in [-0.39, 0.29) is 22.7 Å². The molecule has 28 heavy (non-hydrogen) atoms. The maximum atomic E-state index is 13.0. The van der Waals surface area contributed by atoms with E-state index in [4.69, 9.17) is 33.0 Å². The first-order valence-corrected chi connectivity index (χ1v) is 9.55. The van der Waals surface area contributed by atoms with Gasteiger partial charge in [0.1, 0.15) is 5.75 Å². The summed E-state index contributed by atoms with van der Waals surface area (Å²) >= 11 is 15.4. The van der Waals surface area contributed by atoms with Crippen molar-refractivity contribution in [2.75, 3.05) is 0 Å². The number of benzene rings is 2. The van der Waals surface area contributed by atoms with E-state index in [0.717, 1.165) is 0 Å². The van der Waals surface area contributed by atoms with Crippen molar-refractivity contribution in [2.24, 2.45) is 0 Å². The predicted octanol–water partition coefficient (Wildman–Crippen LogP) is 5.02. The lowest BCUT2D eigenvalue weighted by atomic mass is 10.1. The fraction of sp³-hybridized carbons (Fsp3) is 0.105. The number of ether oxygens (including phenoxy) is 1. The van der Waals surface area contributed by atoms with Crippen LogP contribution in [0, 0.1) is 0 Å². The van der Waals surface area contributed by atoms with Gasteiger partial charge in [-0.2, -0.15) is 5.10 Å². The van der Waals surface area contributed by atoms with E-state index in [1.165, 1.54) is 30.1 Å². The zero-order chi connectivity index (χ0) is 20.4. The molecule has 0 saturated carbocycles. The molecule has 1 aromatic heterocycles. The van der Waals surface area contributed by atoms with E-state index in [1.54, 1.807) is 30.3 Å². The molecular formula is C19H13BrCl2N2O4. The third kappa shape index (κ3) is 4.38. The van der Waals surface area contributed by atoms with Gasteiger partial charge in [-0.1, -0.05) is 39.1 Å². The highest BCUT2D eigenvalue weighted by Gasteiger charge is 2.21. The van der Waals surface area contributed by atoms with Crippen molar-refractivity contribution >= 4 is 50.9 Å². The van der Waals surface area contributed by atoms with E-state index in [9.17, 15) is 9.59 Å².